The number of carbonyl (C=O) groups is 1. The van der Waals surface area contributed by atoms with E-state index in [-0.39, 0.29) is 18.0 Å². The first kappa shape index (κ1) is 20.2. The molecular weight excluding hydrogens is 414 g/mol. The van der Waals surface area contributed by atoms with E-state index < -0.39 is 0 Å². The van der Waals surface area contributed by atoms with Crippen LogP contribution >= 0.6 is 0 Å². The molecule has 2 saturated heterocycles. The summed E-state index contributed by atoms with van der Waals surface area (Å²) in [7, 11) is 0. The lowest BCUT2D eigenvalue weighted by Gasteiger charge is -2.34. The molecule has 5 heterocycles. The first-order valence-electron chi connectivity index (χ1n) is 11.8. The molecule has 6 rings (SSSR count). The van der Waals surface area contributed by atoms with E-state index in [9.17, 15) is 4.79 Å². The molecule has 0 saturated carbocycles. The van der Waals surface area contributed by atoms with Crippen LogP contribution in [0.15, 0.2) is 42.6 Å². The molecule has 2 aliphatic rings. The van der Waals surface area contributed by atoms with Crippen molar-refractivity contribution in [1.82, 2.24) is 24.5 Å². The quantitative estimate of drug-likeness (QED) is 0.506. The summed E-state index contributed by atoms with van der Waals surface area (Å²) >= 11 is 0. The average Bonchev–Trinajstić information content (AvgIpc) is 3.55. The molecule has 1 amide bonds. The third kappa shape index (κ3) is 3.54. The SMILES string of the molecule is Cc1cn2nc([C@@H]3CCCCN3C(=O)c3cc4ccccc4[nH]3)cc2nc1N1CC[C@H](N)C1. The van der Waals surface area contributed by atoms with Crippen molar-refractivity contribution in [2.45, 2.75) is 44.7 Å². The van der Waals surface area contributed by atoms with Crippen LogP contribution in [0.5, 0.6) is 0 Å². The number of rotatable bonds is 3. The minimum Gasteiger partial charge on any atom is -0.355 e. The Morgan fingerprint density at radius 1 is 1.15 bits per heavy atom. The molecule has 0 aliphatic carbocycles. The number of piperidine rings is 1. The van der Waals surface area contributed by atoms with E-state index in [1.54, 1.807) is 0 Å². The highest BCUT2D eigenvalue weighted by Gasteiger charge is 2.32. The largest absolute Gasteiger partial charge is 0.355 e. The van der Waals surface area contributed by atoms with Gasteiger partial charge in [0.05, 0.1) is 11.7 Å². The number of aromatic nitrogens is 4. The monoisotopic (exact) mass is 443 g/mol. The lowest BCUT2D eigenvalue weighted by molar-refractivity contribution is 0.0600. The summed E-state index contributed by atoms with van der Waals surface area (Å²) in [5.41, 5.74) is 10.5. The number of hydrogen-bond donors (Lipinski definition) is 2. The summed E-state index contributed by atoms with van der Waals surface area (Å²) in [5.74, 6) is 1.01. The number of likely N-dealkylation sites (tertiary alicyclic amines) is 1. The van der Waals surface area contributed by atoms with E-state index in [2.05, 4.69) is 16.8 Å². The number of anilines is 1. The molecule has 0 radical (unpaired) electrons. The second-order valence-corrected chi connectivity index (χ2v) is 9.39. The van der Waals surface area contributed by atoms with E-state index in [1.807, 2.05) is 52.0 Å². The molecule has 2 fully saturated rings. The van der Waals surface area contributed by atoms with Crippen molar-refractivity contribution >= 4 is 28.3 Å². The molecule has 3 N–H and O–H groups in total. The number of fused-ring (bicyclic) bond motifs is 2. The van der Waals surface area contributed by atoms with Gasteiger partial charge < -0.3 is 20.5 Å². The standard InChI is InChI=1S/C25H29N7O/c1-16-14-32-23(28-24(16)30-11-9-18(26)15-30)13-20(29-32)22-8-4-5-10-31(22)25(33)21-12-17-6-2-3-7-19(17)27-21/h2-3,6-7,12-14,18,22,27H,4-5,8-11,15,26H2,1H3/t18-,22-/m0/s1. The number of aryl methyl sites for hydroxylation is 1. The summed E-state index contributed by atoms with van der Waals surface area (Å²) in [6.07, 6.45) is 6.02. The van der Waals surface area contributed by atoms with Gasteiger partial charge in [-0.3, -0.25) is 4.79 Å². The van der Waals surface area contributed by atoms with Crippen LogP contribution in [0, 0.1) is 6.92 Å². The van der Waals surface area contributed by atoms with Crippen LogP contribution in [0.25, 0.3) is 16.6 Å². The van der Waals surface area contributed by atoms with Gasteiger partial charge in [0, 0.05) is 54.4 Å². The minimum absolute atomic E-state index is 0.0313. The van der Waals surface area contributed by atoms with E-state index in [1.165, 1.54) is 0 Å². The van der Waals surface area contributed by atoms with Gasteiger partial charge in [-0.15, -0.1) is 0 Å². The molecule has 33 heavy (non-hydrogen) atoms. The summed E-state index contributed by atoms with van der Waals surface area (Å²) in [6.45, 7) is 4.57. The Hall–Kier alpha value is -3.39. The van der Waals surface area contributed by atoms with Gasteiger partial charge in [0.1, 0.15) is 11.5 Å². The van der Waals surface area contributed by atoms with Crippen LogP contribution in [-0.4, -0.2) is 56.1 Å². The van der Waals surface area contributed by atoms with Gasteiger partial charge in [-0.1, -0.05) is 18.2 Å². The second kappa shape index (κ2) is 7.88. The van der Waals surface area contributed by atoms with Gasteiger partial charge in [0.15, 0.2) is 5.65 Å². The number of nitrogens with one attached hydrogen (secondary N) is 1. The number of nitrogens with zero attached hydrogens (tertiary/aromatic N) is 5. The number of benzene rings is 1. The Balaban J connectivity index is 1.33. The van der Waals surface area contributed by atoms with E-state index in [4.69, 9.17) is 15.8 Å². The van der Waals surface area contributed by atoms with Crippen molar-refractivity contribution in [3.05, 3.63) is 59.5 Å². The van der Waals surface area contributed by atoms with Gasteiger partial charge in [-0.25, -0.2) is 9.50 Å². The lowest BCUT2D eigenvalue weighted by atomic mass is 9.99. The summed E-state index contributed by atoms with van der Waals surface area (Å²) in [6, 6.07) is 12.1. The number of nitrogens with two attached hydrogens (primary N) is 1. The van der Waals surface area contributed by atoms with Gasteiger partial charge >= 0.3 is 0 Å². The van der Waals surface area contributed by atoms with Crippen molar-refractivity contribution in [2.75, 3.05) is 24.5 Å². The van der Waals surface area contributed by atoms with Crippen LogP contribution in [0.3, 0.4) is 0 Å². The molecule has 2 aliphatic heterocycles. The maximum Gasteiger partial charge on any atom is 0.270 e. The Labute approximate surface area is 192 Å². The molecule has 4 aromatic rings. The first-order chi connectivity index (χ1) is 16.1. The van der Waals surface area contributed by atoms with Crippen LogP contribution in [-0.2, 0) is 0 Å². The Bertz CT molecular complexity index is 1310. The Kier molecular flexibility index (Phi) is 4.83. The summed E-state index contributed by atoms with van der Waals surface area (Å²) in [4.78, 5) is 26.0. The van der Waals surface area contributed by atoms with Gasteiger partial charge in [-0.05, 0) is 44.7 Å². The smallest absolute Gasteiger partial charge is 0.270 e. The van der Waals surface area contributed by atoms with E-state index in [0.29, 0.717) is 5.69 Å². The van der Waals surface area contributed by atoms with Gasteiger partial charge in [0.25, 0.3) is 5.91 Å². The van der Waals surface area contributed by atoms with E-state index >= 15 is 0 Å². The maximum absolute atomic E-state index is 13.5. The number of carbonyl (C=O) groups excluding carboxylic acids is 1. The fourth-order valence-corrected chi connectivity index (χ4v) is 5.31. The zero-order valence-corrected chi connectivity index (χ0v) is 18.9. The lowest BCUT2D eigenvalue weighted by Crippen LogP contribution is -2.38. The first-order valence-corrected chi connectivity index (χ1v) is 11.8. The summed E-state index contributed by atoms with van der Waals surface area (Å²) < 4.78 is 1.85. The van der Waals surface area contributed by atoms with Gasteiger partial charge in [0.2, 0.25) is 0 Å². The van der Waals surface area contributed by atoms with Crippen molar-refractivity contribution in [3.8, 4) is 0 Å². The molecule has 3 aromatic heterocycles. The number of aromatic amines is 1. The van der Waals surface area contributed by atoms with Crippen LogP contribution in [0.2, 0.25) is 0 Å². The molecule has 0 unspecified atom stereocenters. The highest BCUT2D eigenvalue weighted by Crippen LogP contribution is 2.33. The normalized spacial score (nSPS) is 21.4. The highest BCUT2D eigenvalue weighted by molar-refractivity contribution is 5.98. The molecular formula is C25H29N7O. The number of H-pyrrole nitrogens is 1. The summed E-state index contributed by atoms with van der Waals surface area (Å²) in [5, 5.41) is 5.91. The zero-order chi connectivity index (χ0) is 22.5. The molecule has 170 valence electrons. The topological polar surface area (TPSA) is 95.5 Å². The molecule has 1 aromatic carbocycles. The van der Waals surface area contributed by atoms with Crippen molar-refractivity contribution in [1.29, 1.82) is 0 Å². The predicted octanol–water partition coefficient (Wildman–Crippen LogP) is 3.42. The average molecular weight is 444 g/mol. The molecule has 8 heteroatoms. The van der Waals surface area contributed by atoms with E-state index in [0.717, 1.165) is 78.9 Å². The van der Waals surface area contributed by atoms with Crippen molar-refractivity contribution in [3.63, 3.8) is 0 Å². The highest BCUT2D eigenvalue weighted by atomic mass is 16.2. The number of hydrogen-bond acceptors (Lipinski definition) is 5. The van der Waals surface area contributed by atoms with Crippen LogP contribution < -0.4 is 10.6 Å². The van der Waals surface area contributed by atoms with Gasteiger partial charge in [-0.2, -0.15) is 5.10 Å². The molecule has 0 bridgehead atoms. The van der Waals surface area contributed by atoms with Crippen molar-refractivity contribution in [2.24, 2.45) is 5.73 Å². The van der Waals surface area contributed by atoms with Crippen LogP contribution in [0.1, 0.15) is 53.5 Å². The Morgan fingerprint density at radius 2 is 2.03 bits per heavy atom. The molecule has 0 spiro atoms. The maximum atomic E-state index is 13.5. The number of amides is 1. The predicted molar refractivity (Wildman–Crippen MR) is 128 cm³/mol. The third-order valence-corrected chi connectivity index (χ3v) is 7.01. The zero-order valence-electron chi connectivity index (χ0n) is 18.9. The molecule has 2 atom stereocenters. The Morgan fingerprint density at radius 3 is 2.85 bits per heavy atom. The minimum atomic E-state index is -0.0525. The molecule has 8 nitrogen and oxygen atoms in total. The number of para-hydroxylation sites is 1. The third-order valence-electron chi connectivity index (χ3n) is 7.01. The second-order valence-electron chi connectivity index (χ2n) is 9.39. The fraction of sp³-hybridized carbons (Fsp3) is 0.400. The van der Waals surface area contributed by atoms with Crippen LogP contribution in [0.4, 0.5) is 5.82 Å². The van der Waals surface area contributed by atoms with Crippen molar-refractivity contribution < 1.29 is 4.79 Å². The fourth-order valence-electron chi connectivity index (χ4n) is 5.31.